The van der Waals surface area contributed by atoms with Crippen molar-refractivity contribution in [2.45, 2.75) is 19.8 Å². The standard InChI is InChI=1S/C11H11N3/c1-8(2)10-7-13-11-6-9(12-3)4-5-14(10)11/h4-8H,1-2H3. The highest BCUT2D eigenvalue weighted by Gasteiger charge is 2.06. The number of hydrogen-bond donors (Lipinski definition) is 0. The molecule has 0 N–H and O–H groups in total. The van der Waals surface area contributed by atoms with Crippen LogP contribution in [0.4, 0.5) is 5.69 Å². The molecule has 0 aromatic carbocycles. The van der Waals surface area contributed by atoms with E-state index in [9.17, 15) is 0 Å². The highest BCUT2D eigenvalue weighted by molar-refractivity contribution is 5.55. The Morgan fingerprint density at radius 3 is 2.93 bits per heavy atom. The minimum atomic E-state index is 0.448. The molecule has 0 aliphatic carbocycles. The van der Waals surface area contributed by atoms with Gasteiger partial charge in [0.05, 0.1) is 6.57 Å². The van der Waals surface area contributed by atoms with E-state index < -0.39 is 0 Å². The molecule has 2 rings (SSSR count). The van der Waals surface area contributed by atoms with Gasteiger partial charge in [-0.05, 0) is 18.1 Å². The van der Waals surface area contributed by atoms with E-state index in [1.165, 1.54) is 5.69 Å². The first-order chi connectivity index (χ1) is 6.72. The normalized spacial score (nSPS) is 10.7. The van der Waals surface area contributed by atoms with Crippen molar-refractivity contribution < 1.29 is 0 Å². The Kier molecular flexibility index (Phi) is 1.97. The second-order valence-electron chi connectivity index (χ2n) is 3.56. The summed E-state index contributed by atoms with van der Waals surface area (Å²) in [6.07, 6.45) is 3.78. The van der Waals surface area contributed by atoms with Crippen LogP contribution in [0.15, 0.2) is 24.5 Å². The van der Waals surface area contributed by atoms with Crippen LogP contribution < -0.4 is 0 Å². The Morgan fingerprint density at radius 2 is 2.29 bits per heavy atom. The van der Waals surface area contributed by atoms with Crippen molar-refractivity contribution in [2.24, 2.45) is 0 Å². The van der Waals surface area contributed by atoms with Crippen LogP contribution in [0.1, 0.15) is 25.5 Å². The molecule has 0 bridgehead atoms. The average Bonchev–Trinajstić information content (AvgIpc) is 2.59. The van der Waals surface area contributed by atoms with Crippen molar-refractivity contribution in [2.75, 3.05) is 0 Å². The third kappa shape index (κ3) is 1.25. The number of rotatable bonds is 1. The fourth-order valence-electron chi connectivity index (χ4n) is 1.49. The molecule has 0 saturated carbocycles. The van der Waals surface area contributed by atoms with E-state index in [4.69, 9.17) is 6.57 Å². The van der Waals surface area contributed by atoms with Gasteiger partial charge in [0.2, 0.25) is 0 Å². The monoisotopic (exact) mass is 185 g/mol. The van der Waals surface area contributed by atoms with Crippen LogP contribution in [0.25, 0.3) is 10.5 Å². The smallest absolute Gasteiger partial charge is 0.192 e. The van der Waals surface area contributed by atoms with E-state index in [-0.39, 0.29) is 0 Å². The van der Waals surface area contributed by atoms with Crippen molar-refractivity contribution in [1.29, 1.82) is 0 Å². The van der Waals surface area contributed by atoms with E-state index >= 15 is 0 Å². The van der Waals surface area contributed by atoms with Gasteiger partial charge in [0, 0.05) is 18.1 Å². The van der Waals surface area contributed by atoms with Gasteiger partial charge >= 0.3 is 0 Å². The third-order valence-electron chi connectivity index (χ3n) is 2.25. The zero-order chi connectivity index (χ0) is 10.1. The van der Waals surface area contributed by atoms with Gasteiger partial charge in [-0.15, -0.1) is 0 Å². The molecular formula is C11H11N3. The lowest BCUT2D eigenvalue weighted by atomic mass is 10.1. The van der Waals surface area contributed by atoms with Crippen LogP contribution >= 0.6 is 0 Å². The van der Waals surface area contributed by atoms with Gasteiger partial charge in [-0.25, -0.2) is 9.83 Å². The molecular weight excluding hydrogens is 174 g/mol. The first kappa shape index (κ1) is 8.76. The molecule has 3 nitrogen and oxygen atoms in total. The lowest BCUT2D eigenvalue weighted by molar-refractivity contribution is 0.809. The summed E-state index contributed by atoms with van der Waals surface area (Å²) in [5.74, 6) is 0.448. The summed E-state index contributed by atoms with van der Waals surface area (Å²) in [5, 5.41) is 0. The van der Waals surface area contributed by atoms with Crippen molar-refractivity contribution in [3.05, 3.63) is 41.6 Å². The van der Waals surface area contributed by atoms with Gasteiger partial charge < -0.3 is 4.40 Å². The number of nitrogens with zero attached hydrogens (tertiary/aromatic N) is 3. The molecule has 0 aliphatic rings. The molecule has 0 atom stereocenters. The fraction of sp³-hybridized carbons (Fsp3) is 0.273. The third-order valence-corrected chi connectivity index (χ3v) is 2.25. The minimum absolute atomic E-state index is 0.448. The van der Waals surface area contributed by atoms with E-state index in [1.54, 1.807) is 6.07 Å². The summed E-state index contributed by atoms with van der Waals surface area (Å²) < 4.78 is 2.03. The molecule has 14 heavy (non-hydrogen) atoms. The first-order valence-corrected chi connectivity index (χ1v) is 4.57. The van der Waals surface area contributed by atoms with Crippen molar-refractivity contribution in [3.63, 3.8) is 0 Å². The van der Waals surface area contributed by atoms with Gasteiger partial charge in [0.15, 0.2) is 5.69 Å². The molecule has 0 spiro atoms. The molecule has 0 amide bonds. The molecule has 0 radical (unpaired) electrons. The Balaban J connectivity index is 2.67. The second kappa shape index (κ2) is 3.15. The zero-order valence-corrected chi connectivity index (χ0v) is 8.23. The van der Waals surface area contributed by atoms with Crippen molar-refractivity contribution in [1.82, 2.24) is 9.38 Å². The first-order valence-electron chi connectivity index (χ1n) is 4.57. The lowest BCUT2D eigenvalue weighted by Gasteiger charge is -2.03. The number of hydrogen-bond acceptors (Lipinski definition) is 1. The van der Waals surface area contributed by atoms with Crippen LogP contribution in [0.3, 0.4) is 0 Å². The van der Waals surface area contributed by atoms with Crippen LogP contribution in [-0.4, -0.2) is 9.38 Å². The lowest BCUT2D eigenvalue weighted by Crippen LogP contribution is -1.93. The van der Waals surface area contributed by atoms with Gasteiger partial charge in [0.25, 0.3) is 0 Å². The Bertz CT molecular complexity index is 503. The molecule has 0 fully saturated rings. The highest BCUT2D eigenvalue weighted by Crippen LogP contribution is 2.19. The van der Waals surface area contributed by atoms with E-state index in [2.05, 4.69) is 23.7 Å². The van der Waals surface area contributed by atoms with Gasteiger partial charge in [-0.1, -0.05) is 13.8 Å². The average molecular weight is 185 g/mol. The Hall–Kier alpha value is -1.82. The highest BCUT2D eigenvalue weighted by atomic mass is 15.0. The quantitative estimate of drug-likeness (QED) is 0.626. The largest absolute Gasteiger partial charge is 0.306 e. The molecule has 3 heteroatoms. The minimum Gasteiger partial charge on any atom is -0.306 e. The summed E-state index contributed by atoms with van der Waals surface area (Å²) in [6.45, 7) is 11.2. The summed E-state index contributed by atoms with van der Waals surface area (Å²) in [4.78, 5) is 7.64. The van der Waals surface area contributed by atoms with E-state index in [0.29, 0.717) is 11.6 Å². The number of pyridine rings is 1. The maximum atomic E-state index is 6.90. The van der Waals surface area contributed by atoms with Gasteiger partial charge in [0.1, 0.15) is 5.65 Å². The Morgan fingerprint density at radius 1 is 1.50 bits per heavy atom. The van der Waals surface area contributed by atoms with Crippen molar-refractivity contribution in [3.8, 4) is 0 Å². The topological polar surface area (TPSA) is 21.7 Å². The zero-order valence-electron chi connectivity index (χ0n) is 8.23. The van der Waals surface area contributed by atoms with Crippen LogP contribution in [0.2, 0.25) is 0 Å². The summed E-state index contributed by atoms with van der Waals surface area (Å²) in [7, 11) is 0. The molecule has 2 aromatic rings. The van der Waals surface area contributed by atoms with Gasteiger partial charge in [-0.3, -0.25) is 0 Å². The predicted molar refractivity (Wildman–Crippen MR) is 55.5 cm³/mol. The van der Waals surface area contributed by atoms with E-state index in [0.717, 1.165) is 5.65 Å². The summed E-state index contributed by atoms with van der Waals surface area (Å²) >= 11 is 0. The predicted octanol–water partition coefficient (Wildman–Crippen LogP) is 3.01. The molecule has 2 heterocycles. The second-order valence-corrected chi connectivity index (χ2v) is 3.56. The number of imidazole rings is 1. The molecule has 0 unspecified atom stereocenters. The molecule has 0 saturated heterocycles. The Labute approximate surface area is 82.8 Å². The molecule has 0 aliphatic heterocycles. The SMILES string of the molecule is [C-]#[N+]c1ccn2c(C(C)C)cnc2c1. The maximum absolute atomic E-state index is 6.90. The van der Waals surface area contributed by atoms with E-state index in [1.807, 2.05) is 22.9 Å². The van der Waals surface area contributed by atoms with Crippen LogP contribution in [0, 0.1) is 6.57 Å². The summed E-state index contributed by atoms with van der Waals surface area (Å²) in [5.41, 5.74) is 2.66. The molecule has 2 aromatic heterocycles. The summed E-state index contributed by atoms with van der Waals surface area (Å²) in [6, 6.07) is 3.62. The van der Waals surface area contributed by atoms with Crippen LogP contribution in [0.5, 0.6) is 0 Å². The fourth-order valence-corrected chi connectivity index (χ4v) is 1.49. The van der Waals surface area contributed by atoms with Crippen molar-refractivity contribution >= 4 is 11.3 Å². The number of fused-ring (bicyclic) bond motifs is 1. The molecule has 70 valence electrons. The van der Waals surface area contributed by atoms with Gasteiger partial charge in [-0.2, -0.15) is 0 Å². The maximum Gasteiger partial charge on any atom is 0.192 e. The number of aromatic nitrogens is 2. The van der Waals surface area contributed by atoms with Crippen LogP contribution in [-0.2, 0) is 0 Å².